The Morgan fingerprint density at radius 3 is 2.66 bits per heavy atom. The molecule has 2 aromatic carbocycles. The smallest absolute Gasteiger partial charge is 0.245 e. The number of fused-ring (bicyclic) bond motifs is 1. The maximum atomic E-state index is 12.2. The average Bonchev–Trinajstić information content (AvgIpc) is 3.47. The van der Waals surface area contributed by atoms with E-state index in [4.69, 9.17) is 20.3 Å². The third-order valence-electron chi connectivity index (χ3n) is 7.54. The Morgan fingerprint density at radius 2 is 1.87 bits per heavy atom. The summed E-state index contributed by atoms with van der Waals surface area (Å²) in [5, 5.41) is 5.74. The van der Waals surface area contributed by atoms with E-state index in [0.29, 0.717) is 24.6 Å². The van der Waals surface area contributed by atoms with Gasteiger partial charge in [0.25, 0.3) is 0 Å². The highest BCUT2D eigenvalue weighted by Gasteiger charge is 2.43. The van der Waals surface area contributed by atoms with Crippen molar-refractivity contribution in [1.29, 1.82) is 0 Å². The second-order valence-electron chi connectivity index (χ2n) is 9.93. The highest BCUT2D eigenvalue weighted by atomic mass is 16.5. The summed E-state index contributed by atoms with van der Waals surface area (Å²) in [6.07, 6.45) is 6.24. The van der Waals surface area contributed by atoms with Crippen LogP contribution in [-0.4, -0.2) is 55.9 Å². The molecule has 0 bridgehead atoms. The number of carbonyl (C=O) groups is 1. The van der Waals surface area contributed by atoms with Gasteiger partial charge in [0.15, 0.2) is 5.65 Å². The van der Waals surface area contributed by atoms with Crippen LogP contribution in [-0.2, 0) is 9.53 Å². The molecule has 9 nitrogen and oxygen atoms in total. The molecular weight excluding hydrogens is 480 g/mol. The number of hydrogen-bond acceptors (Lipinski definition) is 7. The molecule has 0 aliphatic carbocycles. The van der Waals surface area contributed by atoms with Gasteiger partial charge in [0.2, 0.25) is 5.91 Å². The van der Waals surface area contributed by atoms with E-state index in [9.17, 15) is 4.79 Å². The van der Waals surface area contributed by atoms with E-state index in [1.54, 1.807) is 0 Å². The summed E-state index contributed by atoms with van der Waals surface area (Å²) < 4.78 is 14.3. The first-order valence-electron chi connectivity index (χ1n) is 12.9. The standard InChI is InChI=1S/C29H30N6O3/c1-2-24(36)34-15-6-13-29(14-16-34)17-21(18-37-29)35-28-25(27(30)31-19-32-28)26(33-35)20-9-11-23(12-10-20)38-22-7-4-3-5-8-22/h2-5,7-12,19,21H,1,6,13-18H2,(H2,30,31,32). The molecule has 38 heavy (non-hydrogen) atoms. The molecule has 2 unspecified atom stereocenters. The van der Waals surface area contributed by atoms with Crippen LogP contribution < -0.4 is 10.5 Å². The number of nitrogens with two attached hydrogens (primary N) is 1. The molecule has 2 fully saturated rings. The number of nitrogens with zero attached hydrogens (tertiary/aromatic N) is 5. The van der Waals surface area contributed by atoms with Gasteiger partial charge in [-0.2, -0.15) is 5.10 Å². The Balaban J connectivity index is 1.28. The fourth-order valence-corrected chi connectivity index (χ4v) is 5.60. The van der Waals surface area contributed by atoms with Crippen molar-refractivity contribution in [2.45, 2.75) is 37.3 Å². The Labute approximate surface area is 220 Å². The van der Waals surface area contributed by atoms with E-state index in [-0.39, 0.29) is 17.6 Å². The van der Waals surface area contributed by atoms with Gasteiger partial charge in [0.05, 0.1) is 23.6 Å². The maximum Gasteiger partial charge on any atom is 0.245 e. The quantitative estimate of drug-likeness (QED) is 0.385. The van der Waals surface area contributed by atoms with Crippen molar-refractivity contribution in [3.63, 3.8) is 0 Å². The van der Waals surface area contributed by atoms with Crippen LogP contribution in [0.25, 0.3) is 22.3 Å². The molecular formula is C29H30N6O3. The fraction of sp³-hybridized carbons (Fsp3) is 0.310. The molecule has 4 heterocycles. The summed E-state index contributed by atoms with van der Waals surface area (Å²) in [4.78, 5) is 22.8. The minimum atomic E-state index is -0.283. The second kappa shape index (κ2) is 9.90. The first-order chi connectivity index (χ1) is 18.5. The van der Waals surface area contributed by atoms with Crippen LogP contribution >= 0.6 is 0 Å². The molecule has 6 rings (SSSR count). The Morgan fingerprint density at radius 1 is 1.08 bits per heavy atom. The SMILES string of the molecule is C=CC(=O)N1CCCC2(CC1)CC(n1nc(-c3ccc(Oc4ccccc4)cc3)c3c(N)ncnc31)CO2. The zero-order valence-electron chi connectivity index (χ0n) is 21.1. The van der Waals surface area contributed by atoms with Crippen LogP contribution in [0.4, 0.5) is 5.82 Å². The summed E-state index contributed by atoms with van der Waals surface area (Å²) in [6, 6.07) is 17.5. The van der Waals surface area contributed by atoms with E-state index in [1.165, 1.54) is 12.4 Å². The number of ether oxygens (including phenoxy) is 2. The number of carbonyl (C=O) groups excluding carboxylic acids is 1. The molecule has 2 N–H and O–H groups in total. The maximum absolute atomic E-state index is 12.2. The van der Waals surface area contributed by atoms with Gasteiger partial charge in [0.1, 0.15) is 29.3 Å². The number of rotatable bonds is 5. The van der Waals surface area contributed by atoms with E-state index >= 15 is 0 Å². The second-order valence-corrected chi connectivity index (χ2v) is 9.93. The van der Waals surface area contributed by atoms with Crippen LogP contribution in [0.5, 0.6) is 11.5 Å². The Kier molecular flexibility index (Phi) is 6.29. The molecule has 2 aliphatic rings. The first kappa shape index (κ1) is 24.1. The topological polar surface area (TPSA) is 108 Å². The molecule has 1 amide bonds. The minimum absolute atomic E-state index is 0.00268. The molecule has 194 valence electrons. The molecule has 0 saturated carbocycles. The number of aromatic nitrogens is 4. The number of likely N-dealkylation sites (tertiary alicyclic amines) is 1. The number of benzene rings is 2. The highest BCUT2D eigenvalue weighted by molar-refractivity contribution is 5.98. The van der Waals surface area contributed by atoms with E-state index in [2.05, 4.69) is 16.5 Å². The van der Waals surface area contributed by atoms with Crippen molar-refractivity contribution in [1.82, 2.24) is 24.6 Å². The molecule has 1 spiro atoms. The van der Waals surface area contributed by atoms with E-state index in [0.717, 1.165) is 60.4 Å². The van der Waals surface area contributed by atoms with Crippen molar-refractivity contribution in [2.24, 2.45) is 0 Å². The van der Waals surface area contributed by atoms with Crippen LogP contribution in [0.2, 0.25) is 0 Å². The van der Waals surface area contributed by atoms with E-state index < -0.39 is 0 Å². The van der Waals surface area contributed by atoms with Crippen LogP contribution in [0.3, 0.4) is 0 Å². The summed E-state index contributed by atoms with van der Waals surface area (Å²) in [5.74, 6) is 1.88. The van der Waals surface area contributed by atoms with Gasteiger partial charge in [-0.3, -0.25) is 4.79 Å². The predicted octanol–water partition coefficient (Wildman–Crippen LogP) is 4.77. The minimum Gasteiger partial charge on any atom is -0.457 e. The van der Waals surface area contributed by atoms with Gasteiger partial charge < -0.3 is 20.1 Å². The van der Waals surface area contributed by atoms with Crippen molar-refractivity contribution in [3.8, 4) is 22.8 Å². The summed E-state index contributed by atoms with van der Waals surface area (Å²) in [5.41, 5.74) is 8.39. The largest absolute Gasteiger partial charge is 0.457 e. The van der Waals surface area contributed by atoms with Crippen LogP contribution in [0.15, 0.2) is 73.6 Å². The lowest BCUT2D eigenvalue weighted by atomic mass is 9.90. The zero-order chi connectivity index (χ0) is 26.1. The normalized spacial score (nSPS) is 21.5. The van der Waals surface area contributed by atoms with Crippen molar-refractivity contribution in [3.05, 3.63) is 73.6 Å². The lowest BCUT2D eigenvalue weighted by Gasteiger charge is -2.27. The van der Waals surface area contributed by atoms with E-state index in [1.807, 2.05) is 64.2 Å². The van der Waals surface area contributed by atoms with Gasteiger partial charge in [-0.15, -0.1) is 0 Å². The monoisotopic (exact) mass is 510 g/mol. The van der Waals surface area contributed by atoms with Gasteiger partial charge in [-0.1, -0.05) is 24.8 Å². The van der Waals surface area contributed by atoms with Gasteiger partial charge in [-0.25, -0.2) is 14.6 Å². The summed E-state index contributed by atoms with van der Waals surface area (Å²) in [6.45, 7) is 5.55. The molecule has 9 heteroatoms. The van der Waals surface area contributed by atoms with Crippen molar-refractivity contribution < 1.29 is 14.3 Å². The lowest BCUT2D eigenvalue weighted by molar-refractivity contribution is -0.126. The third kappa shape index (κ3) is 4.50. The van der Waals surface area contributed by atoms with Crippen molar-refractivity contribution >= 4 is 22.8 Å². The molecule has 2 aromatic heterocycles. The average molecular weight is 511 g/mol. The number of anilines is 1. The lowest BCUT2D eigenvalue weighted by Crippen LogP contribution is -2.33. The van der Waals surface area contributed by atoms with Crippen LogP contribution in [0.1, 0.15) is 31.7 Å². The Bertz CT molecular complexity index is 1470. The van der Waals surface area contributed by atoms with Gasteiger partial charge >= 0.3 is 0 Å². The summed E-state index contributed by atoms with van der Waals surface area (Å²) >= 11 is 0. The molecule has 2 aliphatic heterocycles. The van der Waals surface area contributed by atoms with Gasteiger partial charge in [0, 0.05) is 25.1 Å². The molecule has 2 saturated heterocycles. The number of amides is 1. The van der Waals surface area contributed by atoms with Gasteiger partial charge in [-0.05, 0) is 61.7 Å². The van der Waals surface area contributed by atoms with Crippen molar-refractivity contribution in [2.75, 3.05) is 25.4 Å². The number of para-hydroxylation sites is 1. The number of hydrogen-bond donors (Lipinski definition) is 1. The highest BCUT2D eigenvalue weighted by Crippen LogP contribution is 2.42. The van der Waals surface area contributed by atoms with Crippen LogP contribution in [0, 0.1) is 0 Å². The molecule has 2 atom stereocenters. The molecule has 0 radical (unpaired) electrons. The molecule has 4 aromatic rings. The predicted molar refractivity (Wildman–Crippen MR) is 145 cm³/mol. The fourth-order valence-electron chi connectivity index (χ4n) is 5.60. The third-order valence-corrected chi connectivity index (χ3v) is 7.54. The Hall–Kier alpha value is -4.24. The zero-order valence-corrected chi connectivity index (χ0v) is 21.1. The first-order valence-corrected chi connectivity index (χ1v) is 12.9. The summed E-state index contributed by atoms with van der Waals surface area (Å²) in [7, 11) is 0. The number of nitrogen functional groups attached to an aromatic ring is 1.